The molecule has 0 aliphatic carbocycles. The number of H-pyrrole nitrogens is 1. The molecule has 1 aromatic heterocycles. The third kappa shape index (κ3) is 4.20. The Hall–Kier alpha value is -3.51. The molecule has 2 aliphatic rings. The second-order valence-corrected chi connectivity index (χ2v) is 9.66. The number of nitrogens with zero attached hydrogens (tertiary/aromatic N) is 3. The minimum Gasteiger partial charge on any atom is -0.381 e. The average Bonchev–Trinajstić information content (AvgIpc) is 3.50. The quantitative estimate of drug-likeness (QED) is 0.536. The molecule has 1 N–H and O–H groups in total. The van der Waals surface area contributed by atoms with E-state index >= 15 is 0 Å². The number of likely N-dealkylation sites (tertiary alicyclic amines) is 1. The smallest absolute Gasteiger partial charge is 0.381 e. The number of benzene rings is 2. The van der Waals surface area contributed by atoms with Crippen molar-refractivity contribution >= 4 is 22.5 Å². The number of halogens is 3. The molecule has 2 fully saturated rings. The van der Waals surface area contributed by atoms with Gasteiger partial charge in [-0.1, -0.05) is 6.07 Å². The van der Waals surface area contributed by atoms with E-state index in [0.29, 0.717) is 57.1 Å². The summed E-state index contributed by atoms with van der Waals surface area (Å²) in [5.74, 6) is -0.00749. The minimum atomic E-state index is -4.61. The molecule has 2 aliphatic heterocycles. The first-order valence-electron chi connectivity index (χ1n) is 12.0. The first-order chi connectivity index (χ1) is 17.3. The molecule has 3 heterocycles. The minimum absolute atomic E-state index is 0.0390. The van der Waals surface area contributed by atoms with Gasteiger partial charge >= 0.3 is 6.18 Å². The highest BCUT2D eigenvalue weighted by molar-refractivity contribution is 6.06. The molecule has 1 amide bonds. The largest absolute Gasteiger partial charge is 0.417 e. The van der Waals surface area contributed by atoms with Gasteiger partial charge in [-0.3, -0.25) is 4.79 Å². The second kappa shape index (κ2) is 9.17. The van der Waals surface area contributed by atoms with Crippen LogP contribution >= 0.6 is 0 Å². The molecule has 2 aromatic carbocycles. The maximum absolute atomic E-state index is 13.6. The summed E-state index contributed by atoms with van der Waals surface area (Å²) in [5.41, 5.74) is 0.412. The molecular formula is C27H27F3N4O2. The molecule has 3 aromatic rings. The number of nitrogens with one attached hydrogen (secondary N) is 1. The number of carbonyl (C=O) groups excluding carboxylic acids is 1. The molecule has 5 rings (SSSR count). The fourth-order valence-corrected chi connectivity index (χ4v) is 5.72. The summed E-state index contributed by atoms with van der Waals surface area (Å²) in [6, 6.07) is 13.0. The lowest BCUT2D eigenvalue weighted by Gasteiger charge is -2.44. The predicted molar refractivity (Wildman–Crippen MR) is 130 cm³/mol. The molecule has 0 spiro atoms. The Kier molecular flexibility index (Phi) is 6.17. The van der Waals surface area contributed by atoms with Gasteiger partial charge in [0.05, 0.1) is 23.8 Å². The van der Waals surface area contributed by atoms with Crippen molar-refractivity contribution in [3.8, 4) is 6.07 Å². The lowest BCUT2D eigenvalue weighted by Crippen LogP contribution is -2.49. The van der Waals surface area contributed by atoms with Crippen LogP contribution in [-0.4, -0.2) is 55.2 Å². The fraction of sp³-hybridized carbons (Fsp3) is 0.407. The van der Waals surface area contributed by atoms with Crippen LogP contribution in [0.15, 0.2) is 48.7 Å². The Bertz CT molecular complexity index is 1330. The molecule has 0 bridgehead atoms. The molecule has 36 heavy (non-hydrogen) atoms. The van der Waals surface area contributed by atoms with E-state index in [1.165, 1.54) is 6.07 Å². The molecule has 6 nitrogen and oxygen atoms in total. The van der Waals surface area contributed by atoms with Crippen molar-refractivity contribution in [2.45, 2.75) is 19.5 Å². The van der Waals surface area contributed by atoms with Crippen LogP contribution in [0.4, 0.5) is 18.9 Å². The number of ether oxygens (including phenoxy) is 1. The zero-order valence-electron chi connectivity index (χ0n) is 19.9. The van der Waals surface area contributed by atoms with Crippen molar-refractivity contribution in [1.82, 2.24) is 9.88 Å². The van der Waals surface area contributed by atoms with Gasteiger partial charge in [0.25, 0.3) is 5.91 Å². The van der Waals surface area contributed by atoms with Gasteiger partial charge in [-0.25, -0.2) is 0 Å². The Morgan fingerprint density at radius 1 is 1.25 bits per heavy atom. The van der Waals surface area contributed by atoms with Gasteiger partial charge in [0, 0.05) is 72.5 Å². The van der Waals surface area contributed by atoms with Gasteiger partial charge in [0.15, 0.2) is 0 Å². The third-order valence-corrected chi connectivity index (χ3v) is 7.63. The lowest BCUT2D eigenvalue weighted by molar-refractivity contribution is -0.137. The van der Waals surface area contributed by atoms with Crippen molar-refractivity contribution < 1.29 is 22.7 Å². The molecule has 2 saturated heterocycles. The van der Waals surface area contributed by atoms with Crippen molar-refractivity contribution in [3.05, 3.63) is 65.4 Å². The third-order valence-electron chi connectivity index (χ3n) is 7.63. The number of anilines is 1. The summed E-state index contributed by atoms with van der Waals surface area (Å²) >= 11 is 0. The SMILES string of the molecule is CCOC[C@@]12CCN(c3ccc(C#N)c(C(F)(F)F)c3)C[C@@H]1CN(C(=O)c1cccc3[nH]ccc13)C2. The van der Waals surface area contributed by atoms with Crippen molar-refractivity contribution in [2.75, 3.05) is 44.3 Å². The molecule has 0 saturated carbocycles. The number of alkyl halides is 3. The zero-order chi connectivity index (χ0) is 25.5. The summed E-state index contributed by atoms with van der Waals surface area (Å²) < 4.78 is 46.5. The summed E-state index contributed by atoms with van der Waals surface area (Å²) in [6.45, 7) is 5.09. The number of carbonyl (C=O) groups is 1. The van der Waals surface area contributed by atoms with E-state index < -0.39 is 11.7 Å². The normalized spacial score (nSPS) is 22.0. The molecule has 0 radical (unpaired) electrons. The Labute approximate surface area is 207 Å². The van der Waals surface area contributed by atoms with Crippen LogP contribution in [0.3, 0.4) is 0 Å². The van der Waals surface area contributed by atoms with E-state index in [9.17, 15) is 18.0 Å². The number of aromatic amines is 1. The van der Waals surface area contributed by atoms with E-state index in [1.807, 2.05) is 47.2 Å². The monoisotopic (exact) mass is 496 g/mol. The number of amides is 1. The number of piperidine rings is 1. The average molecular weight is 497 g/mol. The first kappa shape index (κ1) is 24.2. The number of hydrogen-bond acceptors (Lipinski definition) is 4. The maximum Gasteiger partial charge on any atom is 0.417 e. The predicted octanol–water partition coefficient (Wildman–Crippen LogP) is 5.06. The highest BCUT2D eigenvalue weighted by Gasteiger charge is 2.51. The summed E-state index contributed by atoms with van der Waals surface area (Å²) in [6.07, 6.45) is -2.10. The highest BCUT2D eigenvalue weighted by atomic mass is 19.4. The van der Waals surface area contributed by atoms with Crippen LogP contribution in [0.25, 0.3) is 10.9 Å². The number of rotatable bonds is 5. The van der Waals surface area contributed by atoms with Crippen LogP contribution in [0.2, 0.25) is 0 Å². The Morgan fingerprint density at radius 2 is 2.08 bits per heavy atom. The molecule has 188 valence electrons. The summed E-state index contributed by atoms with van der Waals surface area (Å²) in [4.78, 5) is 20.5. The number of fused-ring (bicyclic) bond motifs is 2. The first-order valence-corrected chi connectivity index (χ1v) is 12.0. The van der Waals surface area contributed by atoms with Gasteiger partial charge < -0.3 is 19.5 Å². The van der Waals surface area contributed by atoms with Crippen molar-refractivity contribution in [2.24, 2.45) is 11.3 Å². The van der Waals surface area contributed by atoms with Crippen LogP contribution in [-0.2, 0) is 10.9 Å². The van der Waals surface area contributed by atoms with Crippen molar-refractivity contribution in [3.63, 3.8) is 0 Å². The summed E-state index contributed by atoms with van der Waals surface area (Å²) in [7, 11) is 0. The number of aromatic nitrogens is 1. The van der Waals surface area contributed by atoms with E-state index in [4.69, 9.17) is 10.00 Å². The van der Waals surface area contributed by atoms with Crippen LogP contribution < -0.4 is 4.90 Å². The molecular weight excluding hydrogens is 469 g/mol. The Morgan fingerprint density at radius 3 is 2.83 bits per heavy atom. The summed E-state index contributed by atoms with van der Waals surface area (Å²) in [5, 5.41) is 10.0. The van der Waals surface area contributed by atoms with E-state index in [0.717, 1.165) is 17.0 Å². The van der Waals surface area contributed by atoms with Gasteiger partial charge in [-0.15, -0.1) is 0 Å². The van der Waals surface area contributed by atoms with Crippen LogP contribution in [0, 0.1) is 22.7 Å². The molecule has 9 heteroatoms. The number of hydrogen-bond donors (Lipinski definition) is 1. The maximum atomic E-state index is 13.6. The lowest BCUT2D eigenvalue weighted by atomic mass is 9.73. The van der Waals surface area contributed by atoms with Gasteiger partial charge in [0.1, 0.15) is 0 Å². The molecule has 2 atom stereocenters. The van der Waals surface area contributed by atoms with E-state index in [1.54, 1.807) is 12.1 Å². The second-order valence-electron chi connectivity index (χ2n) is 9.66. The fourth-order valence-electron chi connectivity index (χ4n) is 5.72. The van der Waals surface area contributed by atoms with E-state index in [2.05, 4.69) is 4.98 Å². The van der Waals surface area contributed by atoms with Crippen LogP contribution in [0.1, 0.15) is 34.8 Å². The zero-order valence-corrected chi connectivity index (χ0v) is 19.9. The Balaban J connectivity index is 1.42. The van der Waals surface area contributed by atoms with Crippen LogP contribution in [0.5, 0.6) is 0 Å². The molecule has 0 unspecified atom stereocenters. The number of nitriles is 1. The van der Waals surface area contributed by atoms with Gasteiger partial charge in [-0.05, 0) is 49.7 Å². The highest BCUT2D eigenvalue weighted by Crippen LogP contribution is 2.45. The van der Waals surface area contributed by atoms with E-state index in [-0.39, 0.29) is 22.8 Å². The van der Waals surface area contributed by atoms with Gasteiger partial charge in [-0.2, -0.15) is 18.4 Å². The van der Waals surface area contributed by atoms with Crippen molar-refractivity contribution in [1.29, 1.82) is 5.26 Å². The standard InChI is InChI=1S/C27H27F3N4O2/c1-2-36-17-26-9-11-33(20-7-6-18(13-31)23(12-20)27(28,29)30)14-19(26)15-34(16-26)25(35)22-4-3-5-24-21(22)8-10-32-24/h3-8,10,12,19,32H,2,9,11,14-17H2,1H3/t19-,26+/m1/s1. The topological polar surface area (TPSA) is 72.4 Å². The van der Waals surface area contributed by atoms with Gasteiger partial charge in [0.2, 0.25) is 0 Å².